The Labute approximate surface area is 80.2 Å². The van der Waals surface area contributed by atoms with Gasteiger partial charge in [-0.2, -0.15) is 0 Å². The summed E-state index contributed by atoms with van der Waals surface area (Å²) in [6.45, 7) is 2.19. The van der Waals surface area contributed by atoms with Crippen molar-refractivity contribution in [3.05, 3.63) is 12.2 Å². The number of ketones is 1. The van der Waals surface area contributed by atoms with Crippen LogP contribution in [0.5, 0.6) is 0 Å². The van der Waals surface area contributed by atoms with Gasteiger partial charge in [-0.1, -0.05) is 25.5 Å². The minimum absolute atomic E-state index is 0.354. The van der Waals surface area contributed by atoms with E-state index in [1.54, 1.807) is 0 Å². The Morgan fingerprint density at radius 2 is 2.23 bits per heavy atom. The molecule has 0 aliphatic heterocycles. The van der Waals surface area contributed by atoms with Crippen molar-refractivity contribution in [2.24, 2.45) is 17.8 Å². The van der Waals surface area contributed by atoms with Gasteiger partial charge in [-0.25, -0.2) is 0 Å². The maximum atomic E-state index is 11.8. The topological polar surface area (TPSA) is 17.1 Å². The van der Waals surface area contributed by atoms with Gasteiger partial charge in [-0.05, 0) is 31.1 Å². The highest BCUT2D eigenvalue weighted by Gasteiger charge is 2.34. The largest absolute Gasteiger partial charge is 0.299 e. The van der Waals surface area contributed by atoms with Crippen LogP contribution in [0.4, 0.5) is 0 Å². The molecule has 0 saturated heterocycles. The molecule has 13 heavy (non-hydrogen) atoms. The van der Waals surface area contributed by atoms with E-state index in [-0.39, 0.29) is 0 Å². The molecule has 0 aromatic heterocycles. The minimum Gasteiger partial charge on any atom is -0.299 e. The van der Waals surface area contributed by atoms with E-state index in [0.717, 1.165) is 19.3 Å². The number of hydrogen-bond acceptors (Lipinski definition) is 1. The molecule has 1 saturated carbocycles. The maximum Gasteiger partial charge on any atom is 0.136 e. The van der Waals surface area contributed by atoms with Gasteiger partial charge in [0.25, 0.3) is 0 Å². The van der Waals surface area contributed by atoms with Crippen molar-refractivity contribution in [3.8, 4) is 0 Å². The standard InChI is InChI=1S/C12H18O/c1-9-5-4-7-10-6-2-3-8-11(13)12(9)10/h4-5,9-10,12H,2-3,6-8H2,1H3/t9-,10+,12-/m1/s1. The Balaban J connectivity index is 2.20. The van der Waals surface area contributed by atoms with Crippen molar-refractivity contribution in [1.82, 2.24) is 0 Å². The molecule has 72 valence electrons. The van der Waals surface area contributed by atoms with Gasteiger partial charge < -0.3 is 0 Å². The molecule has 2 rings (SSSR count). The van der Waals surface area contributed by atoms with Gasteiger partial charge in [0, 0.05) is 12.3 Å². The first-order valence-electron chi connectivity index (χ1n) is 5.48. The van der Waals surface area contributed by atoms with Crippen LogP contribution in [0.3, 0.4) is 0 Å². The molecule has 0 unspecified atom stereocenters. The zero-order valence-corrected chi connectivity index (χ0v) is 8.33. The van der Waals surface area contributed by atoms with Crippen LogP contribution in [-0.4, -0.2) is 5.78 Å². The van der Waals surface area contributed by atoms with Gasteiger partial charge in [-0.3, -0.25) is 4.79 Å². The van der Waals surface area contributed by atoms with E-state index in [1.165, 1.54) is 12.8 Å². The lowest BCUT2D eigenvalue weighted by Crippen LogP contribution is -2.29. The Hall–Kier alpha value is -0.590. The summed E-state index contributed by atoms with van der Waals surface area (Å²) >= 11 is 0. The first-order valence-corrected chi connectivity index (χ1v) is 5.48. The van der Waals surface area contributed by atoms with Crippen LogP contribution in [0.2, 0.25) is 0 Å². The molecule has 1 nitrogen and oxygen atoms in total. The molecular weight excluding hydrogens is 160 g/mol. The second-order valence-electron chi connectivity index (χ2n) is 4.52. The molecule has 2 aliphatic carbocycles. The van der Waals surface area contributed by atoms with Gasteiger partial charge >= 0.3 is 0 Å². The average Bonchev–Trinajstić information content (AvgIpc) is 2.29. The van der Waals surface area contributed by atoms with Gasteiger partial charge in [-0.15, -0.1) is 0 Å². The summed E-state index contributed by atoms with van der Waals surface area (Å²) in [5.41, 5.74) is 0. The zero-order chi connectivity index (χ0) is 9.26. The maximum absolute atomic E-state index is 11.8. The fourth-order valence-corrected chi connectivity index (χ4v) is 2.89. The van der Waals surface area contributed by atoms with Crippen LogP contribution in [-0.2, 0) is 4.79 Å². The molecule has 0 radical (unpaired) electrons. The van der Waals surface area contributed by atoms with Crippen LogP contribution in [0, 0.1) is 17.8 Å². The second kappa shape index (κ2) is 3.65. The lowest BCUT2D eigenvalue weighted by molar-refractivity contribution is -0.125. The summed E-state index contributed by atoms with van der Waals surface area (Å²) in [6.07, 6.45) is 10.1. The van der Waals surface area contributed by atoms with Crippen LogP contribution < -0.4 is 0 Å². The molecule has 0 N–H and O–H groups in total. The van der Waals surface area contributed by atoms with Crippen LogP contribution in [0.25, 0.3) is 0 Å². The third kappa shape index (κ3) is 1.70. The molecule has 0 heterocycles. The summed E-state index contributed by atoms with van der Waals surface area (Å²) in [7, 11) is 0. The Morgan fingerprint density at radius 3 is 3.08 bits per heavy atom. The predicted octanol–water partition coefficient (Wildman–Crippen LogP) is 2.96. The minimum atomic E-state index is 0.354. The second-order valence-corrected chi connectivity index (χ2v) is 4.52. The number of carbonyl (C=O) groups is 1. The van der Waals surface area contributed by atoms with Crippen molar-refractivity contribution < 1.29 is 4.79 Å². The third-order valence-electron chi connectivity index (χ3n) is 3.57. The van der Waals surface area contributed by atoms with E-state index >= 15 is 0 Å². The van der Waals surface area contributed by atoms with Crippen molar-refractivity contribution >= 4 is 5.78 Å². The molecule has 2 aliphatic rings. The summed E-state index contributed by atoms with van der Waals surface area (Å²) in [5.74, 6) is 2.03. The summed E-state index contributed by atoms with van der Waals surface area (Å²) in [5, 5.41) is 0. The van der Waals surface area contributed by atoms with Crippen LogP contribution in [0.1, 0.15) is 39.0 Å². The summed E-state index contributed by atoms with van der Waals surface area (Å²) in [6, 6.07) is 0. The zero-order valence-electron chi connectivity index (χ0n) is 8.33. The van der Waals surface area contributed by atoms with E-state index in [4.69, 9.17) is 0 Å². The molecule has 0 spiro atoms. The Morgan fingerprint density at radius 1 is 1.38 bits per heavy atom. The number of Topliss-reactive ketones (excluding diaryl/α,β-unsaturated/α-hetero) is 1. The SMILES string of the molecule is C[C@@H]1C=CC[C@@H]2CCCCC(=O)[C@@H]21. The first kappa shape index (κ1) is 8.98. The molecule has 3 atom stereocenters. The van der Waals surface area contributed by atoms with Crippen molar-refractivity contribution in [2.45, 2.75) is 39.0 Å². The van der Waals surface area contributed by atoms with Gasteiger partial charge in [0.15, 0.2) is 0 Å². The highest BCUT2D eigenvalue weighted by Crippen LogP contribution is 2.37. The van der Waals surface area contributed by atoms with Crippen LogP contribution >= 0.6 is 0 Å². The van der Waals surface area contributed by atoms with Crippen LogP contribution in [0.15, 0.2) is 12.2 Å². The predicted molar refractivity (Wildman–Crippen MR) is 53.4 cm³/mol. The van der Waals surface area contributed by atoms with E-state index in [0.29, 0.717) is 23.5 Å². The van der Waals surface area contributed by atoms with Crippen molar-refractivity contribution in [2.75, 3.05) is 0 Å². The van der Waals surface area contributed by atoms with Gasteiger partial charge in [0.1, 0.15) is 5.78 Å². The van der Waals surface area contributed by atoms with Gasteiger partial charge in [0.2, 0.25) is 0 Å². The fourth-order valence-electron chi connectivity index (χ4n) is 2.89. The molecule has 1 fully saturated rings. The molecule has 0 aromatic rings. The number of carbonyl (C=O) groups excluding carboxylic acids is 1. The average molecular weight is 178 g/mol. The van der Waals surface area contributed by atoms with Gasteiger partial charge in [0.05, 0.1) is 0 Å². The molecular formula is C12H18O. The number of allylic oxidation sites excluding steroid dienone is 2. The Bertz CT molecular complexity index is 229. The lowest BCUT2D eigenvalue weighted by atomic mass is 9.73. The number of rotatable bonds is 0. The molecule has 0 amide bonds. The normalized spacial score (nSPS) is 39.8. The van der Waals surface area contributed by atoms with E-state index < -0.39 is 0 Å². The quantitative estimate of drug-likeness (QED) is 0.521. The molecule has 0 bridgehead atoms. The third-order valence-corrected chi connectivity index (χ3v) is 3.57. The number of fused-ring (bicyclic) bond motifs is 1. The lowest BCUT2D eigenvalue weighted by Gasteiger charge is -2.30. The Kier molecular flexibility index (Phi) is 2.52. The first-order chi connectivity index (χ1) is 6.29. The smallest absolute Gasteiger partial charge is 0.136 e. The number of hydrogen-bond donors (Lipinski definition) is 0. The fraction of sp³-hybridized carbons (Fsp3) is 0.750. The monoisotopic (exact) mass is 178 g/mol. The van der Waals surface area contributed by atoms with E-state index in [9.17, 15) is 4.79 Å². The summed E-state index contributed by atoms with van der Waals surface area (Å²) < 4.78 is 0. The van der Waals surface area contributed by atoms with E-state index in [1.807, 2.05) is 0 Å². The molecule has 1 heteroatoms. The highest BCUT2D eigenvalue weighted by atomic mass is 16.1. The molecule has 0 aromatic carbocycles. The summed E-state index contributed by atoms with van der Waals surface area (Å²) in [4.78, 5) is 11.8. The van der Waals surface area contributed by atoms with E-state index in [2.05, 4.69) is 19.1 Å². The van der Waals surface area contributed by atoms with Crippen molar-refractivity contribution in [1.29, 1.82) is 0 Å². The highest BCUT2D eigenvalue weighted by molar-refractivity contribution is 5.82. The van der Waals surface area contributed by atoms with Crippen molar-refractivity contribution in [3.63, 3.8) is 0 Å².